The maximum Gasteiger partial charge on any atom is 0.303 e. The van der Waals surface area contributed by atoms with E-state index in [1.54, 1.807) is 6.21 Å². The van der Waals surface area contributed by atoms with Crippen LogP contribution in [0.5, 0.6) is 0 Å². The van der Waals surface area contributed by atoms with E-state index in [4.69, 9.17) is 5.11 Å². The predicted octanol–water partition coefficient (Wildman–Crippen LogP) is 3.24. The van der Waals surface area contributed by atoms with Gasteiger partial charge in [0.1, 0.15) is 0 Å². The van der Waals surface area contributed by atoms with E-state index in [0.717, 1.165) is 24.9 Å². The highest BCUT2D eigenvalue weighted by molar-refractivity contribution is 6.12. The zero-order valence-electron chi connectivity index (χ0n) is 10.7. The van der Waals surface area contributed by atoms with Gasteiger partial charge in [-0.1, -0.05) is 25.0 Å². The Kier molecular flexibility index (Phi) is 4.44. The topological polar surface area (TPSA) is 66.7 Å². The van der Waals surface area contributed by atoms with E-state index in [0.29, 0.717) is 12.0 Å². The number of rotatable bonds is 6. The molecule has 100 valence electrons. The molecule has 1 N–H and O–H groups in total. The Bertz CT molecular complexity index is 508. The number of carboxylic acids is 1. The van der Waals surface area contributed by atoms with Gasteiger partial charge in [0, 0.05) is 18.2 Å². The Hall–Kier alpha value is -1.97. The maximum atomic E-state index is 12.2. The van der Waals surface area contributed by atoms with Crippen molar-refractivity contribution in [2.45, 2.75) is 32.1 Å². The molecular weight excluding hydrogens is 242 g/mol. The first-order chi connectivity index (χ1) is 9.18. The summed E-state index contributed by atoms with van der Waals surface area (Å²) in [5.41, 5.74) is 1.44. The third-order valence-electron chi connectivity index (χ3n) is 3.31. The number of ketones is 1. The van der Waals surface area contributed by atoms with Crippen molar-refractivity contribution in [3.05, 3.63) is 29.8 Å². The number of hydrogen-bond donors (Lipinski definition) is 1. The van der Waals surface area contributed by atoms with Gasteiger partial charge in [-0.05, 0) is 25.0 Å². The molecule has 0 aromatic heterocycles. The van der Waals surface area contributed by atoms with Crippen molar-refractivity contribution in [1.29, 1.82) is 0 Å². The lowest BCUT2D eigenvalue weighted by Gasteiger charge is -2.16. The van der Waals surface area contributed by atoms with Crippen molar-refractivity contribution in [1.82, 2.24) is 0 Å². The van der Waals surface area contributed by atoms with Crippen molar-refractivity contribution in [3.63, 3.8) is 0 Å². The molecule has 0 aliphatic carbocycles. The Balaban J connectivity index is 1.84. The molecule has 1 unspecified atom stereocenters. The minimum absolute atomic E-state index is 0.129. The fourth-order valence-electron chi connectivity index (χ4n) is 2.26. The molecular formula is C15H17NO3. The van der Waals surface area contributed by atoms with E-state index in [9.17, 15) is 9.59 Å². The lowest BCUT2D eigenvalue weighted by molar-refractivity contribution is -0.137. The van der Waals surface area contributed by atoms with Gasteiger partial charge < -0.3 is 5.11 Å². The number of benzene rings is 1. The number of carboxylic acid groups (broad SMARTS) is 1. The molecule has 0 saturated carbocycles. The fraction of sp³-hybridized carbons (Fsp3) is 0.400. The van der Waals surface area contributed by atoms with Crippen LogP contribution in [0.4, 0.5) is 5.69 Å². The summed E-state index contributed by atoms with van der Waals surface area (Å²) in [4.78, 5) is 26.9. The molecule has 2 rings (SSSR count). The second kappa shape index (κ2) is 6.27. The molecule has 1 heterocycles. The van der Waals surface area contributed by atoms with Crippen LogP contribution in [0.3, 0.4) is 0 Å². The van der Waals surface area contributed by atoms with E-state index < -0.39 is 5.97 Å². The molecule has 0 spiro atoms. The number of aliphatic carboxylic acids is 1. The first kappa shape index (κ1) is 13.5. The molecule has 4 heteroatoms. The molecule has 1 aromatic carbocycles. The Morgan fingerprint density at radius 2 is 2.00 bits per heavy atom. The van der Waals surface area contributed by atoms with Crippen molar-refractivity contribution in [2.75, 3.05) is 0 Å². The SMILES string of the molecule is O=C(O)CCCCCC1C=Nc2ccccc2C1=O. The molecule has 0 radical (unpaired) electrons. The molecule has 0 fully saturated rings. The highest BCUT2D eigenvalue weighted by atomic mass is 16.4. The van der Waals surface area contributed by atoms with Crippen LogP contribution in [-0.4, -0.2) is 23.1 Å². The zero-order valence-corrected chi connectivity index (χ0v) is 10.7. The summed E-state index contributed by atoms with van der Waals surface area (Å²) < 4.78 is 0. The number of nitrogens with zero attached hydrogens (tertiary/aromatic N) is 1. The average Bonchev–Trinajstić information content (AvgIpc) is 2.41. The largest absolute Gasteiger partial charge is 0.481 e. The Labute approximate surface area is 112 Å². The van der Waals surface area contributed by atoms with Gasteiger partial charge in [0.15, 0.2) is 5.78 Å². The molecule has 0 bridgehead atoms. The number of aliphatic imine (C=N–C) groups is 1. The molecule has 19 heavy (non-hydrogen) atoms. The van der Waals surface area contributed by atoms with Gasteiger partial charge in [-0.25, -0.2) is 0 Å². The minimum Gasteiger partial charge on any atom is -0.481 e. The Morgan fingerprint density at radius 3 is 2.79 bits per heavy atom. The van der Waals surface area contributed by atoms with Gasteiger partial charge in [0.2, 0.25) is 0 Å². The van der Waals surface area contributed by atoms with E-state index in [1.807, 2.05) is 24.3 Å². The first-order valence-electron chi connectivity index (χ1n) is 6.57. The van der Waals surface area contributed by atoms with E-state index in [-0.39, 0.29) is 18.1 Å². The average molecular weight is 259 g/mol. The lowest BCUT2D eigenvalue weighted by Crippen LogP contribution is -2.19. The molecule has 4 nitrogen and oxygen atoms in total. The van der Waals surface area contributed by atoms with Gasteiger partial charge in [-0.15, -0.1) is 0 Å². The van der Waals surface area contributed by atoms with Crippen LogP contribution >= 0.6 is 0 Å². The normalized spacial score (nSPS) is 17.3. The number of unbranched alkanes of at least 4 members (excludes halogenated alkanes) is 2. The third kappa shape index (κ3) is 3.50. The van der Waals surface area contributed by atoms with Crippen LogP contribution < -0.4 is 0 Å². The predicted molar refractivity (Wildman–Crippen MR) is 73.1 cm³/mol. The van der Waals surface area contributed by atoms with Crippen molar-refractivity contribution in [2.24, 2.45) is 10.9 Å². The van der Waals surface area contributed by atoms with Crippen molar-refractivity contribution >= 4 is 23.7 Å². The van der Waals surface area contributed by atoms with Crippen LogP contribution in [0, 0.1) is 5.92 Å². The van der Waals surface area contributed by atoms with Gasteiger partial charge in [0.25, 0.3) is 0 Å². The summed E-state index contributed by atoms with van der Waals surface area (Å²) in [6, 6.07) is 7.37. The highest BCUT2D eigenvalue weighted by Gasteiger charge is 2.23. The summed E-state index contributed by atoms with van der Waals surface area (Å²) in [6.07, 6.45) is 5.04. The van der Waals surface area contributed by atoms with E-state index in [1.165, 1.54) is 0 Å². The summed E-state index contributed by atoms with van der Waals surface area (Å²) in [6.45, 7) is 0. The van der Waals surface area contributed by atoms with Gasteiger partial charge in [-0.2, -0.15) is 0 Å². The van der Waals surface area contributed by atoms with Gasteiger partial charge >= 0.3 is 5.97 Å². The lowest BCUT2D eigenvalue weighted by atomic mass is 9.90. The van der Waals surface area contributed by atoms with E-state index >= 15 is 0 Å². The summed E-state index contributed by atoms with van der Waals surface area (Å²) in [5, 5.41) is 8.54. The quantitative estimate of drug-likeness (QED) is 0.797. The van der Waals surface area contributed by atoms with Crippen LogP contribution in [0.2, 0.25) is 0 Å². The van der Waals surface area contributed by atoms with Crippen LogP contribution in [0.15, 0.2) is 29.3 Å². The maximum absolute atomic E-state index is 12.2. The molecule has 1 aliphatic rings. The molecule has 1 aliphatic heterocycles. The number of carbonyl (C=O) groups is 2. The summed E-state index contributed by atoms with van der Waals surface area (Å²) in [5.74, 6) is -0.784. The molecule has 0 saturated heterocycles. The molecule has 0 amide bonds. The third-order valence-corrected chi connectivity index (χ3v) is 3.31. The number of para-hydroxylation sites is 1. The van der Waals surface area contributed by atoms with Crippen molar-refractivity contribution in [3.8, 4) is 0 Å². The van der Waals surface area contributed by atoms with Crippen LogP contribution in [-0.2, 0) is 4.79 Å². The Morgan fingerprint density at radius 1 is 1.21 bits per heavy atom. The van der Waals surface area contributed by atoms with Crippen LogP contribution in [0.1, 0.15) is 42.5 Å². The van der Waals surface area contributed by atoms with Gasteiger partial charge in [-0.3, -0.25) is 14.6 Å². The molecule has 1 atom stereocenters. The number of Topliss-reactive ketones (excluding diaryl/α,β-unsaturated/α-hetero) is 1. The highest BCUT2D eigenvalue weighted by Crippen LogP contribution is 2.27. The fourth-order valence-corrected chi connectivity index (χ4v) is 2.26. The van der Waals surface area contributed by atoms with E-state index in [2.05, 4.69) is 4.99 Å². The smallest absolute Gasteiger partial charge is 0.303 e. The second-order valence-electron chi connectivity index (χ2n) is 4.76. The summed E-state index contributed by atoms with van der Waals surface area (Å²) >= 11 is 0. The molecule has 1 aromatic rings. The van der Waals surface area contributed by atoms with Crippen molar-refractivity contribution < 1.29 is 14.7 Å². The minimum atomic E-state index is -0.760. The number of hydrogen-bond acceptors (Lipinski definition) is 3. The van der Waals surface area contributed by atoms with Crippen LogP contribution in [0.25, 0.3) is 0 Å². The standard InChI is InChI=1S/C15H17NO3/c17-14(18)9-3-1-2-6-11-10-16-13-8-5-4-7-12(13)15(11)19/h4-5,7-8,10-11H,1-3,6,9H2,(H,17,18). The monoisotopic (exact) mass is 259 g/mol. The zero-order chi connectivity index (χ0) is 13.7. The number of carbonyl (C=O) groups excluding carboxylic acids is 1. The number of fused-ring (bicyclic) bond motifs is 1. The second-order valence-corrected chi connectivity index (χ2v) is 4.76. The summed E-state index contributed by atoms with van der Waals surface area (Å²) in [7, 11) is 0. The first-order valence-corrected chi connectivity index (χ1v) is 6.57. The van der Waals surface area contributed by atoms with Gasteiger partial charge in [0.05, 0.1) is 11.6 Å².